The lowest BCUT2D eigenvalue weighted by Crippen LogP contribution is -2.55. The second-order valence-electron chi connectivity index (χ2n) is 10.8. The van der Waals surface area contributed by atoms with Crippen LogP contribution in [0.4, 0.5) is 34.8 Å². The number of morpholine rings is 1. The van der Waals surface area contributed by atoms with Crippen molar-refractivity contribution in [1.82, 2.24) is 14.9 Å². The van der Waals surface area contributed by atoms with Crippen LogP contribution in [0.15, 0.2) is 41.5 Å². The summed E-state index contributed by atoms with van der Waals surface area (Å²) >= 11 is 6.56. The summed E-state index contributed by atoms with van der Waals surface area (Å²) in [5.41, 5.74) is -2.38. The highest BCUT2D eigenvalue weighted by Gasteiger charge is 2.36. The molecule has 2 aromatic heterocycles. The first-order valence-electron chi connectivity index (χ1n) is 13.7. The topological polar surface area (TPSA) is 93.8 Å². The second kappa shape index (κ2) is 12.1. The van der Waals surface area contributed by atoms with Crippen LogP contribution < -0.4 is 20.7 Å². The number of amides is 1. The van der Waals surface area contributed by atoms with E-state index in [2.05, 4.69) is 20.2 Å². The average molecular weight is 623 g/mol. The summed E-state index contributed by atoms with van der Waals surface area (Å²) in [5.74, 6) is -1.21. The lowest BCUT2D eigenvalue weighted by atomic mass is 10.0. The lowest BCUT2D eigenvalue weighted by Gasteiger charge is -2.44. The average Bonchev–Trinajstić information content (AvgIpc) is 2.96. The number of likely N-dealkylation sites (N-methyl/N-ethyl adjacent to an activating group) is 1. The molecule has 2 aliphatic heterocycles. The minimum Gasteiger partial charge on any atom is -0.378 e. The van der Waals surface area contributed by atoms with Gasteiger partial charge in [0.25, 0.3) is 5.91 Å². The minimum absolute atomic E-state index is 0.0507. The first kappa shape index (κ1) is 30.8. The van der Waals surface area contributed by atoms with Gasteiger partial charge in [-0.15, -0.1) is 0 Å². The Kier molecular flexibility index (Phi) is 8.68. The molecule has 0 unspecified atom stereocenters. The fourth-order valence-electron chi connectivity index (χ4n) is 5.42. The van der Waals surface area contributed by atoms with Gasteiger partial charge in [0.05, 0.1) is 40.7 Å². The fourth-order valence-corrected chi connectivity index (χ4v) is 5.70. The number of hydrogen-bond donors (Lipinski definition) is 2. The first-order valence-corrected chi connectivity index (χ1v) is 14.1. The number of anilines is 3. The molecule has 2 atom stereocenters. The highest BCUT2D eigenvalue weighted by atomic mass is 35.5. The molecule has 9 nitrogen and oxygen atoms in total. The molecule has 14 heteroatoms. The molecule has 0 spiro atoms. The third-order valence-electron chi connectivity index (χ3n) is 7.95. The number of nitrogens with one attached hydrogen (secondary N) is 2. The Morgan fingerprint density at radius 2 is 1.77 bits per heavy atom. The van der Waals surface area contributed by atoms with Crippen molar-refractivity contribution in [3.8, 4) is 11.1 Å². The molecule has 2 fully saturated rings. The van der Waals surface area contributed by atoms with E-state index in [-0.39, 0.29) is 23.3 Å². The molecule has 230 valence electrons. The van der Waals surface area contributed by atoms with E-state index < -0.39 is 34.6 Å². The summed E-state index contributed by atoms with van der Waals surface area (Å²) in [6.07, 6.45) is -2.77. The smallest absolute Gasteiger partial charge is 0.378 e. The molecule has 3 aromatic rings. The predicted molar refractivity (Wildman–Crippen MR) is 157 cm³/mol. The number of aromatic nitrogens is 2. The Balaban J connectivity index is 1.57. The summed E-state index contributed by atoms with van der Waals surface area (Å²) in [6, 6.07) is 4.67. The predicted octanol–water partition coefficient (Wildman–Crippen LogP) is 4.87. The molecule has 0 aliphatic carbocycles. The van der Waals surface area contributed by atoms with Gasteiger partial charge in [-0.25, -0.2) is 9.37 Å². The van der Waals surface area contributed by atoms with E-state index in [1.54, 1.807) is 6.07 Å². The van der Waals surface area contributed by atoms with Crippen molar-refractivity contribution in [2.75, 3.05) is 61.6 Å². The number of ether oxygens (including phenoxy) is 1. The van der Waals surface area contributed by atoms with E-state index in [1.807, 2.05) is 30.7 Å². The van der Waals surface area contributed by atoms with Crippen LogP contribution in [0.3, 0.4) is 0 Å². The molecule has 0 radical (unpaired) electrons. The quantitative estimate of drug-likeness (QED) is 0.393. The van der Waals surface area contributed by atoms with Crippen molar-refractivity contribution in [1.29, 1.82) is 0 Å². The summed E-state index contributed by atoms with van der Waals surface area (Å²) in [7, 11) is 1.98. The van der Waals surface area contributed by atoms with Gasteiger partial charge in [-0.1, -0.05) is 11.6 Å². The summed E-state index contributed by atoms with van der Waals surface area (Å²) in [4.78, 5) is 37.6. The van der Waals surface area contributed by atoms with Crippen molar-refractivity contribution < 1.29 is 27.1 Å². The van der Waals surface area contributed by atoms with Crippen LogP contribution in [-0.2, 0) is 10.9 Å². The van der Waals surface area contributed by atoms with Gasteiger partial charge in [0.15, 0.2) is 0 Å². The number of hydrogen-bond acceptors (Lipinski definition) is 7. The molecule has 2 saturated heterocycles. The van der Waals surface area contributed by atoms with E-state index in [0.717, 1.165) is 6.20 Å². The third kappa shape index (κ3) is 6.48. The summed E-state index contributed by atoms with van der Waals surface area (Å²) < 4.78 is 62.4. The number of rotatable bonds is 5. The van der Waals surface area contributed by atoms with Gasteiger partial charge in [0.2, 0.25) is 5.56 Å². The molecule has 4 heterocycles. The fraction of sp³-hybridized carbons (Fsp3) is 0.414. The highest BCUT2D eigenvalue weighted by molar-refractivity contribution is 6.33. The standard InChI is InChI=1S/C29H31ClF4N6O3/c1-16-14-40(15-17(2)38(16)3)25-11-23(31)19(18-8-22(30)27(36-12-18)39-4-6-43-7-5-39)9-24(25)37-28(42)20-13-35-26(41)10-21(20)29(32,33)34/h8-13,16-17H,4-7,14-15H2,1-3H3,(H,35,41)(H,37,42)/t16-,17+. The van der Waals surface area contributed by atoms with Crippen LogP contribution in [0, 0.1) is 5.82 Å². The van der Waals surface area contributed by atoms with E-state index >= 15 is 4.39 Å². The SMILES string of the molecule is C[C@@H]1CN(c2cc(F)c(-c3cnc(N4CCOCC4)c(Cl)c3)cc2NC(=O)c2c[nH]c(=O)cc2C(F)(F)F)C[C@H](C)N1C. The van der Waals surface area contributed by atoms with Crippen LogP contribution >= 0.6 is 11.6 Å². The first-order chi connectivity index (χ1) is 20.3. The molecular formula is C29H31ClF4N6O3. The summed E-state index contributed by atoms with van der Waals surface area (Å²) in [6.45, 7) is 7.21. The Hall–Kier alpha value is -3.68. The van der Waals surface area contributed by atoms with Crippen molar-refractivity contribution in [2.45, 2.75) is 32.1 Å². The highest BCUT2D eigenvalue weighted by Crippen LogP contribution is 2.38. The largest absolute Gasteiger partial charge is 0.417 e. The van der Waals surface area contributed by atoms with E-state index in [4.69, 9.17) is 16.3 Å². The third-order valence-corrected chi connectivity index (χ3v) is 8.23. The molecule has 0 saturated carbocycles. The van der Waals surface area contributed by atoms with Gasteiger partial charge in [-0.2, -0.15) is 13.2 Å². The van der Waals surface area contributed by atoms with Crippen molar-refractivity contribution in [3.05, 3.63) is 69.0 Å². The monoisotopic (exact) mass is 622 g/mol. The molecule has 0 bridgehead atoms. The van der Waals surface area contributed by atoms with E-state index in [0.29, 0.717) is 67.6 Å². The molecule has 43 heavy (non-hydrogen) atoms. The Labute approximate surface area is 250 Å². The van der Waals surface area contributed by atoms with Crippen molar-refractivity contribution in [2.24, 2.45) is 0 Å². The number of aromatic amines is 1. The molecule has 1 aromatic carbocycles. The summed E-state index contributed by atoms with van der Waals surface area (Å²) in [5, 5.41) is 2.84. The number of halogens is 5. The van der Waals surface area contributed by atoms with Gasteiger partial charge < -0.3 is 24.8 Å². The maximum Gasteiger partial charge on any atom is 0.417 e. The number of piperazine rings is 1. The van der Waals surface area contributed by atoms with Crippen LogP contribution in [0.2, 0.25) is 5.02 Å². The number of nitrogens with zero attached hydrogens (tertiary/aromatic N) is 4. The van der Waals surface area contributed by atoms with Gasteiger partial charge in [0, 0.05) is 67.8 Å². The van der Waals surface area contributed by atoms with Gasteiger partial charge in [-0.3, -0.25) is 14.5 Å². The Bertz CT molecular complexity index is 1560. The molecule has 2 aliphatic rings. The number of H-pyrrole nitrogens is 1. The Morgan fingerprint density at radius 1 is 1.09 bits per heavy atom. The molecule has 2 N–H and O–H groups in total. The van der Waals surface area contributed by atoms with Crippen molar-refractivity contribution in [3.63, 3.8) is 0 Å². The number of alkyl halides is 3. The maximum absolute atomic E-state index is 15.8. The second-order valence-corrected chi connectivity index (χ2v) is 11.2. The van der Waals surface area contributed by atoms with Crippen LogP contribution in [0.5, 0.6) is 0 Å². The van der Waals surface area contributed by atoms with Gasteiger partial charge in [-0.05, 0) is 39.1 Å². The number of pyridine rings is 2. The van der Waals surface area contributed by atoms with E-state index in [9.17, 15) is 22.8 Å². The zero-order valence-electron chi connectivity index (χ0n) is 23.8. The maximum atomic E-state index is 15.8. The molecular weight excluding hydrogens is 592 g/mol. The van der Waals surface area contributed by atoms with Gasteiger partial charge in [0.1, 0.15) is 11.6 Å². The molecule has 1 amide bonds. The van der Waals surface area contributed by atoms with E-state index in [1.165, 1.54) is 18.3 Å². The normalized spacial score (nSPS) is 19.9. The Morgan fingerprint density at radius 3 is 2.40 bits per heavy atom. The van der Waals surface area contributed by atoms with Crippen molar-refractivity contribution >= 4 is 34.7 Å². The van der Waals surface area contributed by atoms with Gasteiger partial charge >= 0.3 is 6.18 Å². The minimum atomic E-state index is -4.95. The van der Waals surface area contributed by atoms with Crippen LogP contribution in [-0.4, -0.2) is 79.3 Å². The molecule has 5 rings (SSSR count). The van der Waals surface area contributed by atoms with Crippen LogP contribution in [0.25, 0.3) is 11.1 Å². The zero-order chi connectivity index (χ0) is 31.1. The van der Waals surface area contributed by atoms with Crippen LogP contribution in [0.1, 0.15) is 29.8 Å². The number of carbonyl (C=O) groups is 1. The zero-order valence-corrected chi connectivity index (χ0v) is 24.5. The number of carbonyl (C=O) groups excluding carboxylic acids is 1. The number of benzene rings is 1. The lowest BCUT2D eigenvalue weighted by molar-refractivity contribution is -0.138.